The third kappa shape index (κ3) is 2.66. The number of rotatable bonds is 2. The zero-order chi connectivity index (χ0) is 14.3. The SMILES string of the molecule is O=C1OCC(C2CC(C3COC(=O)O3)OS(=O)(=O)C2)O1. The Balaban J connectivity index is 1.73. The Morgan fingerprint density at radius 2 is 1.50 bits per heavy atom. The molecule has 0 aromatic rings. The first-order chi connectivity index (χ1) is 9.43. The maximum Gasteiger partial charge on any atom is 0.508 e. The van der Waals surface area contributed by atoms with Crippen LogP contribution in [-0.4, -0.2) is 58.0 Å². The Labute approximate surface area is 114 Å². The summed E-state index contributed by atoms with van der Waals surface area (Å²) in [6.45, 7) is -0.0562. The molecule has 4 unspecified atom stereocenters. The van der Waals surface area contributed by atoms with Crippen molar-refractivity contribution < 1.29 is 41.1 Å². The van der Waals surface area contributed by atoms with Crippen LogP contribution >= 0.6 is 0 Å². The summed E-state index contributed by atoms with van der Waals surface area (Å²) in [7, 11) is -3.78. The fraction of sp³-hybridized carbons (Fsp3) is 0.800. The summed E-state index contributed by atoms with van der Waals surface area (Å²) < 4.78 is 47.5. The van der Waals surface area contributed by atoms with Gasteiger partial charge in [-0.3, -0.25) is 4.18 Å². The van der Waals surface area contributed by atoms with E-state index in [4.69, 9.17) is 13.7 Å². The molecule has 0 aliphatic carbocycles. The van der Waals surface area contributed by atoms with Crippen LogP contribution in [0.4, 0.5) is 9.59 Å². The summed E-state index contributed by atoms with van der Waals surface area (Å²) >= 11 is 0. The van der Waals surface area contributed by atoms with E-state index in [0.29, 0.717) is 0 Å². The molecule has 0 saturated carbocycles. The van der Waals surface area contributed by atoms with E-state index in [1.807, 2.05) is 0 Å². The highest BCUT2D eigenvalue weighted by molar-refractivity contribution is 7.86. The molecule has 20 heavy (non-hydrogen) atoms. The van der Waals surface area contributed by atoms with Crippen molar-refractivity contribution in [1.82, 2.24) is 0 Å². The molecule has 0 bridgehead atoms. The van der Waals surface area contributed by atoms with E-state index in [1.165, 1.54) is 0 Å². The van der Waals surface area contributed by atoms with Crippen LogP contribution in [0, 0.1) is 5.92 Å². The third-order valence-electron chi connectivity index (χ3n) is 3.39. The van der Waals surface area contributed by atoms with Crippen molar-refractivity contribution in [2.24, 2.45) is 5.92 Å². The van der Waals surface area contributed by atoms with Gasteiger partial charge in [-0.1, -0.05) is 0 Å². The molecule has 3 fully saturated rings. The molecule has 0 radical (unpaired) electrons. The molecule has 10 heteroatoms. The smallest absolute Gasteiger partial charge is 0.430 e. The average Bonchev–Trinajstić information content (AvgIpc) is 2.96. The first-order valence-corrected chi connectivity index (χ1v) is 7.58. The van der Waals surface area contributed by atoms with Gasteiger partial charge in [0.1, 0.15) is 25.4 Å². The van der Waals surface area contributed by atoms with E-state index in [0.717, 1.165) is 0 Å². The van der Waals surface area contributed by atoms with Gasteiger partial charge in [0.2, 0.25) is 0 Å². The minimum absolute atomic E-state index is 0.00664. The predicted octanol–water partition coefficient (Wildman–Crippen LogP) is -0.208. The molecular weight excluding hydrogens is 296 g/mol. The molecule has 0 aromatic heterocycles. The highest BCUT2D eigenvalue weighted by Crippen LogP contribution is 2.31. The molecule has 4 atom stereocenters. The van der Waals surface area contributed by atoms with Gasteiger partial charge in [0.05, 0.1) is 5.75 Å². The number of carbonyl (C=O) groups is 2. The first kappa shape index (κ1) is 13.4. The van der Waals surface area contributed by atoms with E-state index in [9.17, 15) is 18.0 Å². The molecule has 3 aliphatic rings. The number of hydrogen-bond donors (Lipinski definition) is 0. The lowest BCUT2D eigenvalue weighted by Crippen LogP contribution is -2.45. The zero-order valence-corrected chi connectivity index (χ0v) is 11.0. The van der Waals surface area contributed by atoms with E-state index in [1.54, 1.807) is 0 Å². The maximum absolute atomic E-state index is 11.8. The van der Waals surface area contributed by atoms with Gasteiger partial charge in [-0.2, -0.15) is 8.42 Å². The summed E-state index contributed by atoms with van der Waals surface area (Å²) in [6.07, 6.45) is -3.66. The topological polar surface area (TPSA) is 114 Å². The second-order valence-corrected chi connectivity index (χ2v) is 6.43. The fourth-order valence-corrected chi connectivity index (χ4v) is 4.00. The Hall–Kier alpha value is -1.55. The summed E-state index contributed by atoms with van der Waals surface area (Å²) in [5.74, 6) is -0.740. The summed E-state index contributed by atoms with van der Waals surface area (Å²) in [4.78, 5) is 21.8. The van der Waals surface area contributed by atoms with Crippen LogP contribution < -0.4 is 0 Å². The molecule has 3 heterocycles. The lowest BCUT2D eigenvalue weighted by Gasteiger charge is -2.32. The van der Waals surface area contributed by atoms with Gasteiger partial charge < -0.3 is 18.9 Å². The van der Waals surface area contributed by atoms with Crippen LogP contribution in [0.2, 0.25) is 0 Å². The highest BCUT2D eigenvalue weighted by atomic mass is 32.2. The monoisotopic (exact) mass is 308 g/mol. The summed E-state index contributed by atoms with van der Waals surface area (Å²) in [6, 6.07) is 0. The lowest BCUT2D eigenvalue weighted by molar-refractivity contribution is 0.0109. The van der Waals surface area contributed by atoms with Crippen molar-refractivity contribution >= 4 is 22.4 Å². The van der Waals surface area contributed by atoms with Crippen molar-refractivity contribution in [2.45, 2.75) is 24.7 Å². The van der Waals surface area contributed by atoms with Crippen molar-refractivity contribution in [2.75, 3.05) is 19.0 Å². The molecule has 0 spiro atoms. The van der Waals surface area contributed by atoms with Crippen molar-refractivity contribution in [3.63, 3.8) is 0 Å². The largest absolute Gasteiger partial charge is 0.508 e. The molecule has 3 rings (SSSR count). The van der Waals surface area contributed by atoms with Crippen LogP contribution in [-0.2, 0) is 33.2 Å². The standard InChI is InChI=1S/C10H12O9S/c11-9-15-2-7(17-9)5-1-6(19-20(13,14)4-5)8-3-16-10(12)18-8/h5-8H,1-4H2. The van der Waals surface area contributed by atoms with Gasteiger partial charge in [-0.15, -0.1) is 0 Å². The number of ether oxygens (including phenoxy) is 4. The third-order valence-corrected chi connectivity index (χ3v) is 4.77. The van der Waals surface area contributed by atoms with Gasteiger partial charge in [-0.25, -0.2) is 9.59 Å². The van der Waals surface area contributed by atoms with Gasteiger partial charge in [-0.05, 0) is 6.42 Å². The molecule has 0 aromatic carbocycles. The summed E-state index contributed by atoms with van der Waals surface area (Å²) in [5.41, 5.74) is 0. The quantitative estimate of drug-likeness (QED) is 0.505. The first-order valence-electron chi connectivity index (χ1n) is 6.01. The van der Waals surface area contributed by atoms with Gasteiger partial charge >= 0.3 is 12.3 Å². The second-order valence-electron chi connectivity index (χ2n) is 4.79. The molecular formula is C10H12O9S. The Bertz CT molecular complexity index is 487. The molecule has 112 valence electrons. The molecule has 3 saturated heterocycles. The number of hydrogen-bond acceptors (Lipinski definition) is 9. The molecule has 3 aliphatic heterocycles. The van der Waals surface area contributed by atoms with Gasteiger partial charge in [0.15, 0.2) is 6.10 Å². The predicted molar refractivity (Wildman–Crippen MR) is 59.2 cm³/mol. The highest BCUT2D eigenvalue weighted by Gasteiger charge is 2.46. The van der Waals surface area contributed by atoms with Crippen molar-refractivity contribution in [3.8, 4) is 0 Å². The van der Waals surface area contributed by atoms with E-state index >= 15 is 0 Å². The van der Waals surface area contributed by atoms with Crippen LogP contribution in [0.1, 0.15) is 6.42 Å². The lowest BCUT2D eigenvalue weighted by atomic mass is 9.95. The normalized spacial score (nSPS) is 39.6. The van der Waals surface area contributed by atoms with Gasteiger partial charge in [0.25, 0.3) is 10.1 Å². The molecule has 9 nitrogen and oxygen atoms in total. The van der Waals surface area contributed by atoms with E-state index < -0.39 is 46.7 Å². The summed E-state index contributed by atoms with van der Waals surface area (Å²) in [5, 5.41) is 0. The minimum atomic E-state index is -3.78. The number of carbonyl (C=O) groups excluding carboxylic acids is 2. The van der Waals surface area contributed by atoms with Crippen molar-refractivity contribution in [1.29, 1.82) is 0 Å². The molecule has 0 amide bonds. The Morgan fingerprint density at radius 3 is 2.05 bits per heavy atom. The fourth-order valence-electron chi connectivity index (χ4n) is 2.47. The molecule has 0 N–H and O–H groups in total. The van der Waals surface area contributed by atoms with E-state index in [-0.39, 0.29) is 25.4 Å². The van der Waals surface area contributed by atoms with Gasteiger partial charge in [0, 0.05) is 5.92 Å². The van der Waals surface area contributed by atoms with E-state index in [2.05, 4.69) is 9.47 Å². The van der Waals surface area contributed by atoms with Crippen molar-refractivity contribution in [3.05, 3.63) is 0 Å². The van der Waals surface area contributed by atoms with Crippen LogP contribution in [0.25, 0.3) is 0 Å². The van der Waals surface area contributed by atoms with Crippen LogP contribution in [0.3, 0.4) is 0 Å². The number of cyclic esters (lactones) is 4. The average molecular weight is 308 g/mol. The maximum atomic E-state index is 11.8. The minimum Gasteiger partial charge on any atom is -0.430 e. The Kier molecular flexibility index (Phi) is 3.21. The Morgan fingerprint density at radius 1 is 0.900 bits per heavy atom. The van der Waals surface area contributed by atoms with Crippen LogP contribution in [0.15, 0.2) is 0 Å². The second kappa shape index (κ2) is 4.77. The zero-order valence-electron chi connectivity index (χ0n) is 10.2. The van der Waals surface area contributed by atoms with Crippen LogP contribution in [0.5, 0.6) is 0 Å².